The van der Waals surface area contributed by atoms with Crippen molar-refractivity contribution in [3.05, 3.63) is 0 Å². The molecule has 0 atom stereocenters. The van der Waals surface area contributed by atoms with E-state index in [2.05, 4.69) is 17.2 Å². The Balaban J connectivity index is 4.25. The van der Waals surface area contributed by atoms with Gasteiger partial charge in [0, 0.05) is 18.5 Å². The molecular weight excluding hydrogens is 188 g/mol. The Labute approximate surface area is 92.8 Å². The Morgan fingerprint density at radius 2 is 1.87 bits per heavy atom. The Hall–Kier alpha value is -1.01. The molecule has 0 heterocycles. The van der Waals surface area contributed by atoms with Gasteiger partial charge in [-0.15, -0.1) is 11.8 Å². The van der Waals surface area contributed by atoms with Gasteiger partial charge in [-0.1, -0.05) is 0 Å². The van der Waals surface area contributed by atoms with Gasteiger partial charge in [-0.2, -0.15) is 0 Å². The zero-order valence-corrected chi connectivity index (χ0v) is 10.4. The summed E-state index contributed by atoms with van der Waals surface area (Å²) in [7, 11) is 0. The second-order valence-corrected chi connectivity index (χ2v) is 4.78. The van der Waals surface area contributed by atoms with Gasteiger partial charge in [0.2, 0.25) is 5.91 Å². The Bertz CT molecular complexity index is 276. The summed E-state index contributed by atoms with van der Waals surface area (Å²) in [5.41, 5.74) is 4.84. The number of nitrogens with one attached hydrogen (secondary N) is 1. The summed E-state index contributed by atoms with van der Waals surface area (Å²) in [5, 5.41) is 2.84. The standard InChI is InChI=1S/C12H22N2O/c1-6-7-8-9-14-10(15)11(2,3)12(4,5)13/h8-9,13H2,1-5H3,(H,14,15). The van der Waals surface area contributed by atoms with E-state index in [-0.39, 0.29) is 5.91 Å². The highest BCUT2D eigenvalue weighted by atomic mass is 16.2. The van der Waals surface area contributed by atoms with E-state index in [1.165, 1.54) is 0 Å². The van der Waals surface area contributed by atoms with Crippen LogP contribution in [-0.4, -0.2) is 18.0 Å². The number of hydrogen-bond donors (Lipinski definition) is 2. The summed E-state index contributed by atoms with van der Waals surface area (Å²) in [6, 6.07) is 0. The molecule has 0 aromatic rings. The number of carbonyl (C=O) groups is 1. The van der Waals surface area contributed by atoms with E-state index in [1.54, 1.807) is 6.92 Å². The lowest BCUT2D eigenvalue weighted by atomic mass is 9.74. The van der Waals surface area contributed by atoms with Crippen LogP contribution in [0.4, 0.5) is 0 Å². The summed E-state index contributed by atoms with van der Waals surface area (Å²) in [5.74, 6) is 5.66. The molecule has 0 aliphatic rings. The fourth-order valence-corrected chi connectivity index (χ4v) is 0.877. The first-order chi connectivity index (χ1) is 6.73. The van der Waals surface area contributed by atoms with E-state index in [4.69, 9.17) is 5.73 Å². The van der Waals surface area contributed by atoms with E-state index < -0.39 is 11.0 Å². The lowest BCUT2D eigenvalue weighted by Crippen LogP contribution is -2.55. The fraction of sp³-hybridized carbons (Fsp3) is 0.750. The molecule has 0 aromatic carbocycles. The Kier molecular flexibility index (Phi) is 4.83. The number of rotatable bonds is 4. The van der Waals surface area contributed by atoms with Crippen LogP contribution in [-0.2, 0) is 4.79 Å². The molecule has 3 N–H and O–H groups in total. The third kappa shape index (κ3) is 3.93. The maximum Gasteiger partial charge on any atom is 0.227 e. The molecule has 0 aliphatic carbocycles. The van der Waals surface area contributed by atoms with Crippen LogP contribution >= 0.6 is 0 Å². The fourth-order valence-electron chi connectivity index (χ4n) is 0.877. The van der Waals surface area contributed by atoms with Gasteiger partial charge in [0.1, 0.15) is 0 Å². The van der Waals surface area contributed by atoms with E-state index >= 15 is 0 Å². The lowest BCUT2D eigenvalue weighted by molar-refractivity contribution is -0.132. The zero-order chi connectivity index (χ0) is 12.1. The molecule has 0 bridgehead atoms. The van der Waals surface area contributed by atoms with Crippen molar-refractivity contribution < 1.29 is 4.79 Å². The molecule has 0 aliphatic heterocycles. The maximum absolute atomic E-state index is 11.8. The van der Waals surface area contributed by atoms with Crippen molar-refractivity contribution in [1.82, 2.24) is 5.32 Å². The molecule has 0 unspecified atom stereocenters. The average Bonchev–Trinajstić information content (AvgIpc) is 2.10. The molecule has 15 heavy (non-hydrogen) atoms. The molecule has 3 heteroatoms. The topological polar surface area (TPSA) is 55.1 Å². The molecule has 86 valence electrons. The third-order valence-corrected chi connectivity index (χ3v) is 2.89. The minimum Gasteiger partial charge on any atom is -0.355 e. The quantitative estimate of drug-likeness (QED) is 0.542. The highest BCUT2D eigenvalue weighted by Gasteiger charge is 2.39. The molecule has 0 saturated heterocycles. The Morgan fingerprint density at radius 3 is 2.27 bits per heavy atom. The van der Waals surface area contributed by atoms with E-state index in [0.29, 0.717) is 13.0 Å². The molecule has 0 rings (SSSR count). The molecule has 0 aromatic heterocycles. The molecule has 3 nitrogen and oxygen atoms in total. The van der Waals surface area contributed by atoms with Crippen LogP contribution in [0.25, 0.3) is 0 Å². The van der Waals surface area contributed by atoms with Crippen LogP contribution in [0.5, 0.6) is 0 Å². The molecule has 0 spiro atoms. The first-order valence-corrected chi connectivity index (χ1v) is 5.20. The summed E-state index contributed by atoms with van der Waals surface area (Å²) >= 11 is 0. The van der Waals surface area contributed by atoms with Crippen molar-refractivity contribution in [2.75, 3.05) is 6.54 Å². The van der Waals surface area contributed by atoms with Gasteiger partial charge in [-0.05, 0) is 34.6 Å². The van der Waals surface area contributed by atoms with Gasteiger partial charge in [-0.3, -0.25) is 4.79 Å². The minimum atomic E-state index is -0.577. The first kappa shape index (κ1) is 14.0. The summed E-state index contributed by atoms with van der Waals surface area (Å²) < 4.78 is 0. The summed E-state index contributed by atoms with van der Waals surface area (Å²) in [6.45, 7) is 9.80. The van der Waals surface area contributed by atoms with Gasteiger partial charge >= 0.3 is 0 Å². The average molecular weight is 210 g/mol. The number of carbonyl (C=O) groups excluding carboxylic acids is 1. The minimum absolute atomic E-state index is 0.0205. The second-order valence-electron chi connectivity index (χ2n) is 4.78. The van der Waals surface area contributed by atoms with Gasteiger partial charge in [0.05, 0.1) is 5.41 Å². The largest absolute Gasteiger partial charge is 0.355 e. The lowest BCUT2D eigenvalue weighted by Gasteiger charge is -2.36. The van der Waals surface area contributed by atoms with Crippen LogP contribution in [0.2, 0.25) is 0 Å². The van der Waals surface area contributed by atoms with Crippen LogP contribution in [0.15, 0.2) is 0 Å². The molecule has 1 amide bonds. The molecule has 0 saturated carbocycles. The molecule has 0 fully saturated rings. The molecular formula is C12H22N2O. The van der Waals surface area contributed by atoms with Crippen LogP contribution in [0.3, 0.4) is 0 Å². The van der Waals surface area contributed by atoms with E-state index in [9.17, 15) is 4.79 Å². The summed E-state index contributed by atoms with van der Waals surface area (Å²) in [6.07, 6.45) is 0.684. The van der Waals surface area contributed by atoms with Gasteiger partial charge in [0.25, 0.3) is 0 Å². The van der Waals surface area contributed by atoms with E-state index in [1.807, 2.05) is 27.7 Å². The molecule has 0 radical (unpaired) electrons. The predicted octanol–water partition coefficient (Wildman–Crippen LogP) is 1.28. The summed E-state index contributed by atoms with van der Waals surface area (Å²) in [4.78, 5) is 11.8. The number of hydrogen-bond acceptors (Lipinski definition) is 2. The van der Waals surface area contributed by atoms with Crippen molar-refractivity contribution in [3.8, 4) is 11.8 Å². The van der Waals surface area contributed by atoms with Gasteiger partial charge in [0.15, 0.2) is 0 Å². The van der Waals surface area contributed by atoms with Crippen LogP contribution in [0, 0.1) is 17.3 Å². The first-order valence-electron chi connectivity index (χ1n) is 5.20. The highest BCUT2D eigenvalue weighted by molar-refractivity contribution is 5.83. The smallest absolute Gasteiger partial charge is 0.227 e. The van der Waals surface area contributed by atoms with Crippen LogP contribution < -0.4 is 11.1 Å². The van der Waals surface area contributed by atoms with Gasteiger partial charge in [-0.25, -0.2) is 0 Å². The van der Waals surface area contributed by atoms with Crippen LogP contribution in [0.1, 0.15) is 41.0 Å². The van der Waals surface area contributed by atoms with E-state index in [0.717, 1.165) is 0 Å². The van der Waals surface area contributed by atoms with Crippen molar-refractivity contribution in [1.29, 1.82) is 0 Å². The van der Waals surface area contributed by atoms with Crippen molar-refractivity contribution in [2.45, 2.75) is 46.6 Å². The Morgan fingerprint density at radius 1 is 1.33 bits per heavy atom. The van der Waals surface area contributed by atoms with Crippen molar-refractivity contribution in [3.63, 3.8) is 0 Å². The number of nitrogens with two attached hydrogens (primary N) is 1. The zero-order valence-electron chi connectivity index (χ0n) is 10.4. The van der Waals surface area contributed by atoms with Crippen molar-refractivity contribution >= 4 is 5.91 Å². The SMILES string of the molecule is CC#CCCNC(=O)C(C)(C)C(C)(C)N. The van der Waals surface area contributed by atoms with Crippen molar-refractivity contribution in [2.24, 2.45) is 11.1 Å². The third-order valence-electron chi connectivity index (χ3n) is 2.89. The predicted molar refractivity (Wildman–Crippen MR) is 63.1 cm³/mol. The second kappa shape index (κ2) is 5.18. The number of amides is 1. The highest BCUT2D eigenvalue weighted by Crippen LogP contribution is 2.28. The van der Waals surface area contributed by atoms with Gasteiger partial charge < -0.3 is 11.1 Å². The normalized spacial score (nSPS) is 11.6. The maximum atomic E-state index is 11.8. The monoisotopic (exact) mass is 210 g/mol.